The Morgan fingerprint density at radius 3 is 2.00 bits per heavy atom. The van der Waals surface area contributed by atoms with Crippen LogP contribution in [0.4, 0.5) is 0 Å². The van der Waals surface area contributed by atoms with Crippen LogP contribution in [-0.4, -0.2) is 28.9 Å². The van der Waals surface area contributed by atoms with Gasteiger partial charge in [0, 0.05) is 12.1 Å². The van der Waals surface area contributed by atoms with Crippen molar-refractivity contribution in [1.82, 2.24) is 4.90 Å². The first-order valence-corrected chi connectivity index (χ1v) is 7.61. The molecule has 0 aromatic rings. The van der Waals surface area contributed by atoms with Crippen LogP contribution in [-0.2, 0) is 4.79 Å². The van der Waals surface area contributed by atoms with Crippen molar-refractivity contribution in [1.29, 1.82) is 0 Å². The van der Waals surface area contributed by atoms with Gasteiger partial charge in [0.15, 0.2) is 0 Å². The molecule has 4 fully saturated rings. The Labute approximate surface area is 110 Å². The first-order valence-electron chi connectivity index (χ1n) is 7.61. The predicted octanol–water partition coefficient (Wildman–Crippen LogP) is 2.15. The normalized spacial score (nSPS) is 42.9. The summed E-state index contributed by atoms with van der Waals surface area (Å²) in [5.74, 6) is 2.81. The highest BCUT2D eigenvalue weighted by Gasteiger charge is 2.54. The molecule has 0 heterocycles. The molecule has 0 aliphatic heterocycles. The van der Waals surface area contributed by atoms with Crippen molar-refractivity contribution in [2.24, 2.45) is 23.5 Å². The van der Waals surface area contributed by atoms with E-state index in [1.807, 2.05) is 6.92 Å². The molecule has 3 nitrogen and oxygen atoms in total. The van der Waals surface area contributed by atoms with E-state index in [-0.39, 0.29) is 17.5 Å². The van der Waals surface area contributed by atoms with E-state index in [2.05, 4.69) is 11.8 Å². The van der Waals surface area contributed by atoms with E-state index in [1.165, 1.54) is 38.5 Å². The molecule has 3 heteroatoms. The van der Waals surface area contributed by atoms with Crippen molar-refractivity contribution in [3.63, 3.8) is 0 Å². The van der Waals surface area contributed by atoms with Crippen LogP contribution in [0.2, 0.25) is 0 Å². The number of likely N-dealkylation sites (N-methyl/N-ethyl adjacent to an activating group) is 1. The highest BCUT2D eigenvalue weighted by atomic mass is 16.2. The average molecular weight is 250 g/mol. The summed E-state index contributed by atoms with van der Waals surface area (Å²) < 4.78 is 0. The molecule has 102 valence electrons. The Kier molecular flexibility index (Phi) is 2.92. The molecule has 1 atom stereocenters. The third kappa shape index (κ3) is 1.78. The molecule has 4 rings (SSSR count). The molecule has 18 heavy (non-hydrogen) atoms. The largest absolute Gasteiger partial charge is 0.336 e. The third-order valence-electron chi connectivity index (χ3n) is 5.55. The lowest BCUT2D eigenvalue weighted by molar-refractivity contribution is -0.151. The minimum atomic E-state index is -0.349. The number of carbonyl (C=O) groups is 1. The van der Waals surface area contributed by atoms with Gasteiger partial charge in [-0.1, -0.05) is 0 Å². The van der Waals surface area contributed by atoms with Crippen LogP contribution in [0.15, 0.2) is 0 Å². The minimum absolute atomic E-state index is 0.166. The average Bonchev–Trinajstić information content (AvgIpc) is 2.27. The van der Waals surface area contributed by atoms with Gasteiger partial charge in [0.1, 0.15) is 0 Å². The van der Waals surface area contributed by atoms with Crippen LogP contribution in [0.3, 0.4) is 0 Å². The van der Waals surface area contributed by atoms with E-state index in [0.717, 1.165) is 24.3 Å². The zero-order valence-electron chi connectivity index (χ0n) is 11.7. The van der Waals surface area contributed by atoms with Crippen LogP contribution in [0.25, 0.3) is 0 Å². The van der Waals surface area contributed by atoms with Gasteiger partial charge in [0.2, 0.25) is 5.91 Å². The molecular formula is C15H26N2O. The Balaban J connectivity index is 1.87. The zero-order valence-corrected chi connectivity index (χ0v) is 11.7. The molecule has 0 spiro atoms. The SMILES string of the molecule is CCN(C(=O)C(C)N)C12CC3CC(CC(C3)C1)C2. The van der Waals surface area contributed by atoms with Gasteiger partial charge >= 0.3 is 0 Å². The van der Waals surface area contributed by atoms with Crippen LogP contribution < -0.4 is 5.73 Å². The van der Waals surface area contributed by atoms with E-state index in [9.17, 15) is 4.79 Å². The number of hydrogen-bond donors (Lipinski definition) is 1. The monoisotopic (exact) mass is 250 g/mol. The summed E-state index contributed by atoms with van der Waals surface area (Å²) in [4.78, 5) is 14.5. The molecule has 0 aromatic carbocycles. The molecule has 1 unspecified atom stereocenters. The third-order valence-corrected chi connectivity index (χ3v) is 5.55. The summed E-state index contributed by atoms with van der Waals surface area (Å²) in [5.41, 5.74) is 6.01. The Morgan fingerprint density at radius 2 is 1.67 bits per heavy atom. The molecule has 4 bridgehead atoms. The van der Waals surface area contributed by atoms with Crippen LogP contribution in [0, 0.1) is 17.8 Å². The Hall–Kier alpha value is -0.570. The van der Waals surface area contributed by atoms with Gasteiger partial charge in [-0.05, 0) is 70.1 Å². The van der Waals surface area contributed by atoms with E-state index >= 15 is 0 Å². The number of carbonyl (C=O) groups excluding carboxylic acids is 1. The van der Waals surface area contributed by atoms with E-state index in [1.54, 1.807) is 0 Å². The van der Waals surface area contributed by atoms with E-state index < -0.39 is 0 Å². The van der Waals surface area contributed by atoms with Crippen LogP contribution in [0.1, 0.15) is 52.4 Å². The van der Waals surface area contributed by atoms with Gasteiger partial charge in [0.25, 0.3) is 0 Å². The maximum absolute atomic E-state index is 12.4. The standard InChI is InChI=1S/C15H26N2O/c1-3-17(14(18)10(2)16)15-7-11-4-12(8-15)6-13(5-11)9-15/h10-13H,3-9,16H2,1-2H3. The topological polar surface area (TPSA) is 46.3 Å². The Bertz CT molecular complexity index is 315. The van der Waals surface area contributed by atoms with Gasteiger partial charge in [-0.2, -0.15) is 0 Å². The molecule has 4 aliphatic carbocycles. The lowest BCUT2D eigenvalue weighted by Crippen LogP contribution is -2.63. The smallest absolute Gasteiger partial charge is 0.239 e. The molecule has 1 amide bonds. The maximum Gasteiger partial charge on any atom is 0.239 e. The van der Waals surface area contributed by atoms with Crippen molar-refractivity contribution < 1.29 is 4.79 Å². The van der Waals surface area contributed by atoms with E-state index in [0.29, 0.717) is 0 Å². The highest BCUT2D eigenvalue weighted by molar-refractivity contribution is 5.82. The molecule has 0 radical (unpaired) electrons. The molecule has 0 saturated heterocycles. The van der Waals surface area contributed by atoms with Gasteiger partial charge in [-0.3, -0.25) is 4.79 Å². The second-order valence-electron chi connectivity index (χ2n) is 7.01. The number of nitrogens with zero attached hydrogens (tertiary/aromatic N) is 1. The number of nitrogens with two attached hydrogens (primary N) is 1. The van der Waals surface area contributed by atoms with Crippen LogP contribution in [0.5, 0.6) is 0 Å². The van der Waals surface area contributed by atoms with Gasteiger partial charge in [-0.25, -0.2) is 0 Å². The molecular weight excluding hydrogens is 224 g/mol. The van der Waals surface area contributed by atoms with Crippen molar-refractivity contribution >= 4 is 5.91 Å². The van der Waals surface area contributed by atoms with Crippen LogP contribution >= 0.6 is 0 Å². The number of amides is 1. The molecule has 0 aromatic heterocycles. The lowest BCUT2D eigenvalue weighted by Gasteiger charge is -2.60. The summed E-state index contributed by atoms with van der Waals surface area (Å²) in [5, 5.41) is 0. The zero-order chi connectivity index (χ0) is 12.9. The quantitative estimate of drug-likeness (QED) is 0.834. The minimum Gasteiger partial charge on any atom is -0.336 e. The summed E-state index contributed by atoms with van der Waals surface area (Å²) >= 11 is 0. The fourth-order valence-corrected chi connectivity index (χ4v) is 5.37. The molecule has 2 N–H and O–H groups in total. The van der Waals surface area contributed by atoms with Crippen molar-refractivity contribution in [3.8, 4) is 0 Å². The summed E-state index contributed by atoms with van der Waals surface area (Å²) in [6.45, 7) is 4.76. The first-order chi connectivity index (χ1) is 8.54. The fraction of sp³-hybridized carbons (Fsp3) is 0.933. The molecule has 4 saturated carbocycles. The Morgan fingerprint density at radius 1 is 1.22 bits per heavy atom. The predicted molar refractivity (Wildman–Crippen MR) is 71.9 cm³/mol. The van der Waals surface area contributed by atoms with Crippen molar-refractivity contribution in [3.05, 3.63) is 0 Å². The van der Waals surface area contributed by atoms with E-state index in [4.69, 9.17) is 5.73 Å². The summed E-state index contributed by atoms with van der Waals surface area (Å²) in [7, 11) is 0. The van der Waals surface area contributed by atoms with Gasteiger partial charge < -0.3 is 10.6 Å². The van der Waals surface area contributed by atoms with Crippen molar-refractivity contribution in [2.75, 3.05) is 6.54 Å². The summed E-state index contributed by atoms with van der Waals surface area (Å²) in [6, 6.07) is -0.349. The first kappa shape index (κ1) is 12.5. The molecule has 4 aliphatic rings. The summed E-state index contributed by atoms with van der Waals surface area (Å²) in [6.07, 6.45) is 7.98. The lowest BCUT2D eigenvalue weighted by atomic mass is 9.52. The van der Waals surface area contributed by atoms with Crippen molar-refractivity contribution in [2.45, 2.75) is 64.0 Å². The van der Waals surface area contributed by atoms with Gasteiger partial charge in [-0.15, -0.1) is 0 Å². The second-order valence-corrected chi connectivity index (χ2v) is 7.01. The maximum atomic E-state index is 12.4. The fourth-order valence-electron chi connectivity index (χ4n) is 5.37. The number of hydrogen-bond acceptors (Lipinski definition) is 2. The van der Waals surface area contributed by atoms with Gasteiger partial charge in [0.05, 0.1) is 6.04 Å². The second kappa shape index (κ2) is 4.22. The number of rotatable bonds is 3. The highest BCUT2D eigenvalue weighted by Crippen LogP contribution is 2.57.